The van der Waals surface area contributed by atoms with Gasteiger partial charge >= 0.3 is 30.0 Å². The number of urea groups is 1. The highest BCUT2D eigenvalue weighted by atomic mass is 16.6. The molecule has 0 saturated carbocycles. The fourth-order valence-electron chi connectivity index (χ4n) is 6.00. The van der Waals surface area contributed by atoms with Crippen molar-refractivity contribution in [3.8, 4) is 0 Å². The zero-order valence-electron chi connectivity index (χ0n) is 33.2. The Morgan fingerprint density at radius 1 is 0.849 bits per heavy atom. The van der Waals surface area contributed by atoms with Crippen molar-refractivity contribution in [2.75, 3.05) is 38.2 Å². The first kappa shape index (κ1) is 46.6. The predicted molar refractivity (Wildman–Crippen MR) is 201 cm³/mol. The van der Waals surface area contributed by atoms with Crippen LogP contribution in [0.25, 0.3) is 0 Å². The number of ether oxygens (including phenoxy) is 4. The highest BCUT2D eigenvalue weighted by Gasteiger charge is 2.24. The molecule has 1 aromatic rings. The molecule has 15 nitrogen and oxygen atoms in total. The Hall–Kier alpha value is -4.43. The first-order valence-corrected chi connectivity index (χ1v) is 18.4. The Bertz CT molecular complexity index is 1420. The monoisotopic (exact) mass is 749 g/mol. The van der Waals surface area contributed by atoms with Gasteiger partial charge in [-0.25, -0.2) is 19.4 Å². The highest BCUT2D eigenvalue weighted by Crippen LogP contribution is 2.32. The number of anilines is 1. The standard InChI is InChI=1S/C38H63N5O10/c1-25(2)33(47)51-18-17-50-31(45)13-11-15-38(9,10)21-27(4)23-40-36(49)53-29(6)24-52-32(46)14-12-16-37(7,8)20-26(3)22-39-35(48)43-34-41-28(5)19-30(44)42-34/h19,26-27,29H,1,11-18,20-24H2,2-10H3,(H,40,49)(H3,39,41,42,43,44,48). The van der Waals surface area contributed by atoms with E-state index < -0.39 is 24.2 Å². The maximum absolute atomic E-state index is 12.4. The largest absolute Gasteiger partial charge is 0.462 e. The van der Waals surface area contributed by atoms with Crippen molar-refractivity contribution in [3.63, 3.8) is 0 Å². The van der Waals surface area contributed by atoms with Crippen molar-refractivity contribution < 1.29 is 42.9 Å². The maximum atomic E-state index is 12.4. The van der Waals surface area contributed by atoms with Crippen molar-refractivity contribution in [1.82, 2.24) is 20.6 Å². The molecule has 1 aromatic heterocycles. The molecule has 0 aliphatic heterocycles. The third-order valence-corrected chi connectivity index (χ3v) is 8.29. The van der Waals surface area contributed by atoms with Gasteiger partial charge in [-0.1, -0.05) is 48.1 Å². The van der Waals surface area contributed by atoms with Gasteiger partial charge in [-0.15, -0.1) is 0 Å². The molecule has 3 unspecified atom stereocenters. The number of aromatic amines is 1. The lowest BCUT2D eigenvalue weighted by Crippen LogP contribution is -2.34. The number of esters is 3. The number of aromatic nitrogens is 2. The van der Waals surface area contributed by atoms with Crippen LogP contribution in [0.3, 0.4) is 0 Å². The van der Waals surface area contributed by atoms with Crippen LogP contribution < -0.4 is 21.5 Å². The summed E-state index contributed by atoms with van der Waals surface area (Å²) in [4.78, 5) is 78.4. The number of hydrogen-bond donors (Lipinski definition) is 4. The number of carbonyl (C=O) groups excluding carboxylic acids is 5. The summed E-state index contributed by atoms with van der Waals surface area (Å²) in [7, 11) is 0. The summed E-state index contributed by atoms with van der Waals surface area (Å²) in [5.74, 6) is -0.824. The maximum Gasteiger partial charge on any atom is 0.407 e. The van der Waals surface area contributed by atoms with Gasteiger partial charge in [-0.2, -0.15) is 0 Å². The summed E-state index contributed by atoms with van der Waals surface area (Å²) in [5.41, 5.74) is 0.288. The van der Waals surface area contributed by atoms with Crippen molar-refractivity contribution in [1.29, 1.82) is 0 Å². The first-order valence-electron chi connectivity index (χ1n) is 18.4. The lowest BCUT2D eigenvalue weighted by Gasteiger charge is -2.28. The van der Waals surface area contributed by atoms with Gasteiger partial charge in [0.2, 0.25) is 5.95 Å². The molecule has 3 amide bonds. The first-order chi connectivity index (χ1) is 24.7. The van der Waals surface area contributed by atoms with Crippen molar-refractivity contribution in [2.24, 2.45) is 22.7 Å². The number of nitrogens with one attached hydrogen (secondary N) is 4. The van der Waals surface area contributed by atoms with E-state index in [1.165, 1.54) is 6.07 Å². The second kappa shape index (κ2) is 23.3. The molecule has 0 saturated heterocycles. The Balaban J connectivity index is 2.22. The number of rotatable bonds is 24. The Kier molecular flexibility index (Phi) is 20.5. The van der Waals surface area contributed by atoms with Crippen LogP contribution in [0.15, 0.2) is 23.0 Å². The number of amides is 3. The Morgan fingerprint density at radius 2 is 1.38 bits per heavy atom. The van der Waals surface area contributed by atoms with Crippen LogP contribution in [0.1, 0.15) is 112 Å². The van der Waals surface area contributed by atoms with Gasteiger partial charge in [0.15, 0.2) is 0 Å². The fourth-order valence-corrected chi connectivity index (χ4v) is 6.00. The normalized spacial score (nSPS) is 13.2. The van der Waals surface area contributed by atoms with Crippen LogP contribution in [-0.2, 0) is 33.3 Å². The minimum absolute atomic E-state index is 0.00573. The van der Waals surface area contributed by atoms with E-state index in [1.807, 2.05) is 13.8 Å². The number of alkyl carbamates (subject to hydrolysis) is 1. The van der Waals surface area contributed by atoms with Gasteiger partial charge in [0.05, 0.1) is 0 Å². The second-order valence-corrected chi connectivity index (χ2v) is 15.6. The smallest absolute Gasteiger partial charge is 0.407 e. The zero-order chi connectivity index (χ0) is 40.2. The van der Waals surface area contributed by atoms with E-state index in [0.717, 1.165) is 25.7 Å². The topological polar surface area (TPSA) is 204 Å². The average Bonchev–Trinajstić information content (AvgIpc) is 3.02. The molecule has 3 atom stereocenters. The van der Waals surface area contributed by atoms with Crippen LogP contribution in [-0.4, -0.2) is 79.0 Å². The van der Waals surface area contributed by atoms with Gasteiger partial charge in [0.1, 0.15) is 25.9 Å². The van der Waals surface area contributed by atoms with Crippen molar-refractivity contribution in [2.45, 2.75) is 120 Å². The third-order valence-electron chi connectivity index (χ3n) is 8.29. The van der Waals surface area contributed by atoms with Crippen LogP contribution in [0, 0.1) is 29.6 Å². The molecule has 4 N–H and O–H groups in total. The molecular formula is C38H63N5O10. The SMILES string of the molecule is C=C(C)C(=O)OCCOC(=O)CCCC(C)(C)CC(C)CNC(=O)OC(C)COC(=O)CCCC(C)(C)CC(C)CNC(=O)Nc1nc(C)cc(=O)[nH]1. The van der Waals surface area contributed by atoms with Gasteiger partial charge in [0.25, 0.3) is 5.56 Å². The number of H-pyrrole nitrogens is 1. The summed E-state index contributed by atoms with van der Waals surface area (Å²) in [6.07, 6.45) is 3.76. The van der Waals surface area contributed by atoms with Gasteiger partial charge in [-0.3, -0.25) is 24.7 Å². The second-order valence-electron chi connectivity index (χ2n) is 15.6. The summed E-state index contributed by atoms with van der Waals surface area (Å²) in [6.45, 7) is 21.7. The molecular weight excluding hydrogens is 686 g/mol. The predicted octanol–water partition coefficient (Wildman–Crippen LogP) is 5.97. The number of hydrogen-bond acceptors (Lipinski definition) is 11. The lowest BCUT2D eigenvalue weighted by atomic mass is 9.79. The quantitative estimate of drug-likeness (QED) is 0.0420. The van der Waals surface area contributed by atoms with E-state index in [9.17, 15) is 28.8 Å². The number of carbonyl (C=O) groups is 5. The molecule has 0 aliphatic carbocycles. The molecule has 0 fully saturated rings. The zero-order valence-corrected chi connectivity index (χ0v) is 33.2. The van der Waals surface area contributed by atoms with Crippen LogP contribution in [0.4, 0.5) is 15.5 Å². The molecule has 0 aliphatic rings. The third kappa shape index (κ3) is 23.0. The van der Waals surface area contributed by atoms with Crippen LogP contribution >= 0.6 is 0 Å². The van der Waals surface area contributed by atoms with Gasteiger partial charge < -0.3 is 29.6 Å². The molecule has 1 rings (SSSR count). The Morgan fingerprint density at radius 3 is 1.92 bits per heavy atom. The summed E-state index contributed by atoms with van der Waals surface area (Å²) in [6, 6.07) is 0.880. The van der Waals surface area contributed by atoms with E-state index in [2.05, 4.69) is 60.2 Å². The highest BCUT2D eigenvalue weighted by molar-refractivity contribution is 5.87. The molecule has 0 aromatic carbocycles. The Labute approximate surface area is 314 Å². The van der Waals surface area contributed by atoms with E-state index in [0.29, 0.717) is 31.6 Å². The van der Waals surface area contributed by atoms with Crippen molar-refractivity contribution in [3.05, 3.63) is 34.3 Å². The fraction of sp³-hybridized carbons (Fsp3) is 0.711. The van der Waals surface area contributed by atoms with E-state index in [-0.39, 0.29) is 84.3 Å². The molecule has 300 valence electrons. The van der Waals surface area contributed by atoms with E-state index in [1.54, 1.807) is 20.8 Å². The summed E-state index contributed by atoms with van der Waals surface area (Å²) < 4.78 is 20.7. The molecule has 0 spiro atoms. The van der Waals surface area contributed by atoms with E-state index in [4.69, 9.17) is 18.9 Å². The average molecular weight is 750 g/mol. The molecule has 53 heavy (non-hydrogen) atoms. The minimum atomic E-state index is -0.618. The summed E-state index contributed by atoms with van der Waals surface area (Å²) >= 11 is 0. The number of aryl methyl sites for hydroxylation is 1. The van der Waals surface area contributed by atoms with Crippen LogP contribution in [0.5, 0.6) is 0 Å². The molecule has 0 bridgehead atoms. The summed E-state index contributed by atoms with van der Waals surface area (Å²) in [5, 5.41) is 8.11. The molecule has 15 heteroatoms. The number of nitrogens with zero attached hydrogens (tertiary/aromatic N) is 1. The van der Waals surface area contributed by atoms with Crippen LogP contribution in [0.2, 0.25) is 0 Å². The minimum Gasteiger partial charge on any atom is -0.462 e. The molecule has 1 heterocycles. The van der Waals surface area contributed by atoms with E-state index >= 15 is 0 Å². The van der Waals surface area contributed by atoms with Gasteiger partial charge in [-0.05, 0) is 82.0 Å². The van der Waals surface area contributed by atoms with Crippen molar-refractivity contribution >= 4 is 36.0 Å². The lowest BCUT2D eigenvalue weighted by molar-refractivity contribution is -0.150. The molecule has 0 radical (unpaired) electrons. The van der Waals surface area contributed by atoms with Gasteiger partial charge in [0, 0.05) is 43.3 Å².